The topological polar surface area (TPSA) is 79.1 Å². The Bertz CT molecular complexity index is 1280. The van der Waals surface area contributed by atoms with Crippen LogP contribution in [-0.4, -0.2) is 28.3 Å². The molecule has 0 fully saturated rings. The third-order valence-corrected chi connectivity index (χ3v) is 4.87. The average molecular weight is 373 g/mol. The van der Waals surface area contributed by atoms with Crippen LogP contribution in [0.2, 0.25) is 5.02 Å². The van der Waals surface area contributed by atoms with Crippen molar-refractivity contribution in [1.82, 2.24) is 28.3 Å². The van der Waals surface area contributed by atoms with Crippen LogP contribution in [0.15, 0.2) is 33.9 Å². The number of fused-ring (bicyclic) bond motifs is 3. The summed E-state index contributed by atoms with van der Waals surface area (Å²) >= 11 is 6.34. The van der Waals surface area contributed by atoms with Gasteiger partial charge in [0.2, 0.25) is 5.78 Å². The Morgan fingerprint density at radius 1 is 1.08 bits per heavy atom. The first-order valence-electron chi connectivity index (χ1n) is 8.25. The highest BCUT2D eigenvalue weighted by molar-refractivity contribution is 6.33. The fraction of sp³-hybridized carbons (Fsp3) is 0.294. The number of nitrogens with zero attached hydrogens (tertiary/aromatic N) is 6. The van der Waals surface area contributed by atoms with Gasteiger partial charge in [0, 0.05) is 26.2 Å². The molecule has 0 N–H and O–H groups in total. The normalized spacial score (nSPS) is 11.7. The van der Waals surface area contributed by atoms with Crippen molar-refractivity contribution in [2.45, 2.75) is 19.9 Å². The molecule has 9 heteroatoms. The minimum absolute atomic E-state index is 0.354. The molecule has 134 valence electrons. The Balaban J connectivity index is 2.28. The molecule has 0 atom stereocenters. The molecule has 0 aliphatic rings. The lowest BCUT2D eigenvalue weighted by Gasteiger charge is -2.07. The third-order valence-electron chi connectivity index (χ3n) is 4.54. The zero-order valence-electron chi connectivity index (χ0n) is 14.6. The summed E-state index contributed by atoms with van der Waals surface area (Å²) in [5.41, 5.74) is 0.811. The lowest BCUT2D eigenvalue weighted by atomic mass is 10.2. The van der Waals surface area contributed by atoms with E-state index in [-0.39, 0.29) is 5.56 Å². The average Bonchev–Trinajstić information content (AvgIpc) is 3.18. The van der Waals surface area contributed by atoms with Gasteiger partial charge < -0.3 is 4.57 Å². The van der Waals surface area contributed by atoms with E-state index in [9.17, 15) is 9.59 Å². The number of aromatic nitrogens is 6. The molecule has 0 spiro atoms. The van der Waals surface area contributed by atoms with Crippen LogP contribution in [0.3, 0.4) is 0 Å². The van der Waals surface area contributed by atoms with Crippen LogP contribution in [0.4, 0.5) is 0 Å². The summed E-state index contributed by atoms with van der Waals surface area (Å²) in [7, 11) is 3.11. The minimum atomic E-state index is -0.406. The van der Waals surface area contributed by atoms with E-state index in [0.29, 0.717) is 39.9 Å². The Labute approximate surface area is 152 Å². The summed E-state index contributed by atoms with van der Waals surface area (Å²) in [6.45, 7) is 2.60. The second kappa shape index (κ2) is 5.84. The zero-order chi connectivity index (χ0) is 18.6. The molecule has 0 unspecified atom stereocenters. The molecular weight excluding hydrogens is 356 g/mol. The summed E-state index contributed by atoms with van der Waals surface area (Å²) in [5.74, 6) is 1.00. The lowest BCUT2D eigenvalue weighted by molar-refractivity contribution is 0.681. The summed E-state index contributed by atoms with van der Waals surface area (Å²) in [5, 5.41) is 9.09. The maximum absolute atomic E-state index is 12.8. The van der Waals surface area contributed by atoms with Crippen molar-refractivity contribution < 1.29 is 0 Å². The van der Waals surface area contributed by atoms with Crippen LogP contribution >= 0.6 is 11.6 Å². The van der Waals surface area contributed by atoms with Crippen molar-refractivity contribution in [3.63, 3.8) is 0 Å². The SMILES string of the molecule is CCCn1c2c(=O)n(C)c(=O)n(C)c2n2c(-c3ccccc3Cl)nnc12. The van der Waals surface area contributed by atoms with Crippen molar-refractivity contribution in [3.8, 4) is 11.4 Å². The molecule has 0 bridgehead atoms. The number of hydrogen-bond acceptors (Lipinski definition) is 4. The Kier molecular flexibility index (Phi) is 3.73. The van der Waals surface area contributed by atoms with Crippen LogP contribution < -0.4 is 11.2 Å². The smallest absolute Gasteiger partial charge is 0.302 e. The predicted molar refractivity (Wildman–Crippen MR) is 99.7 cm³/mol. The first-order valence-corrected chi connectivity index (χ1v) is 8.63. The van der Waals surface area contributed by atoms with Crippen molar-refractivity contribution in [3.05, 3.63) is 50.1 Å². The summed E-state index contributed by atoms with van der Waals surface area (Å²) < 4.78 is 6.09. The minimum Gasteiger partial charge on any atom is -0.302 e. The maximum Gasteiger partial charge on any atom is 0.332 e. The van der Waals surface area contributed by atoms with Gasteiger partial charge >= 0.3 is 5.69 Å². The highest BCUT2D eigenvalue weighted by Crippen LogP contribution is 2.29. The van der Waals surface area contributed by atoms with E-state index >= 15 is 0 Å². The molecule has 4 aromatic rings. The molecule has 3 heterocycles. The highest BCUT2D eigenvalue weighted by atomic mass is 35.5. The summed E-state index contributed by atoms with van der Waals surface area (Å²) in [6, 6.07) is 7.28. The van der Waals surface area contributed by atoms with Gasteiger partial charge in [-0.2, -0.15) is 0 Å². The van der Waals surface area contributed by atoms with Crippen LogP contribution in [0, 0.1) is 0 Å². The Morgan fingerprint density at radius 3 is 2.50 bits per heavy atom. The van der Waals surface area contributed by atoms with Gasteiger partial charge in [-0.25, -0.2) is 9.20 Å². The molecule has 3 aromatic heterocycles. The van der Waals surface area contributed by atoms with Gasteiger partial charge in [0.15, 0.2) is 17.0 Å². The van der Waals surface area contributed by atoms with Crippen LogP contribution in [0.5, 0.6) is 0 Å². The lowest BCUT2D eigenvalue weighted by Crippen LogP contribution is -2.37. The molecule has 0 aliphatic heterocycles. The van der Waals surface area contributed by atoms with E-state index in [0.717, 1.165) is 11.0 Å². The second-order valence-electron chi connectivity index (χ2n) is 6.17. The summed E-state index contributed by atoms with van der Waals surface area (Å²) in [4.78, 5) is 25.3. The number of imidazole rings is 1. The molecule has 0 amide bonds. The quantitative estimate of drug-likeness (QED) is 0.549. The largest absolute Gasteiger partial charge is 0.332 e. The van der Waals surface area contributed by atoms with E-state index in [1.165, 1.54) is 11.6 Å². The van der Waals surface area contributed by atoms with Gasteiger partial charge in [-0.15, -0.1) is 10.2 Å². The number of rotatable bonds is 3. The molecule has 0 radical (unpaired) electrons. The summed E-state index contributed by atoms with van der Waals surface area (Å²) in [6.07, 6.45) is 0.805. The van der Waals surface area contributed by atoms with Crippen LogP contribution in [0.1, 0.15) is 13.3 Å². The van der Waals surface area contributed by atoms with Gasteiger partial charge in [-0.3, -0.25) is 13.9 Å². The molecular formula is C17H17ClN6O2. The Morgan fingerprint density at radius 2 is 1.81 bits per heavy atom. The van der Waals surface area contributed by atoms with Gasteiger partial charge in [0.1, 0.15) is 0 Å². The zero-order valence-corrected chi connectivity index (χ0v) is 15.4. The Hall–Kier alpha value is -2.87. The molecule has 0 saturated heterocycles. The van der Waals surface area contributed by atoms with Gasteiger partial charge in [0.05, 0.1) is 5.02 Å². The van der Waals surface area contributed by atoms with E-state index < -0.39 is 5.69 Å². The molecule has 8 nitrogen and oxygen atoms in total. The second-order valence-corrected chi connectivity index (χ2v) is 6.58. The first-order chi connectivity index (χ1) is 12.5. The fourth-order valence-corrected chi connectivity index (χ4v) is 3.53. The number of hydrogen-bond donors (Lipinski definition) is 0. The van der Waals surface area contributed by atoms with Crippen molar-refractivity contribution in [2.24, 2.45) is 14.1 Å². The number of halogens is 1. The molecule has 1 aromatic carbocycles. The van der Waals surface area contributed by atoms with E-state index in [1.807, 2.05) is 29.7 Å². The molecule has 26 heavy (non-hydrogen) atoms. The van der Waals surface area contributed by atoms with Crippen molar-refractivity contribution in [2.75, 3.05) is 0 Å². The number of benzene rings is 1. The van der Waals surface area contributed by atoms with Gasteiger partial charge in [-0.05, 0) is 18.6 Å². The van der Waals surface area contributed by atoms with E-state index in [2.05, 4.69) is 10.2 Å². The molecule has 4 rings (SSSR count). The van der Waals surface area contributed by atoms with Crippen molar-refractivity contribution in [1.29, 1.82) is 0 Å². The van der Waals surface area contributed by atoms with Crippen LogP contribution in [0.25, 0.3) is 28.3 Å². The van der Waals surface area contributed by atoms with Gasteiger partial charge in [0.25, 0.3) is 5.56 Å². The number of aryl methyl sites for hydroxylation is 2. The maximum atomic E-state index is 12.8. The van der Waals surface area contributed by atoms with Gasteiger partial charge in [-0.1, -0.05) is 30.7 Å². The predicted octanol–water partition coefficient (Wildman–Crippen LogP) is 1.81. The molecule has 0 saturated carbocycles. The first kappa shape index (κ1) is 16.6. The fourth-order valence-electron chi connectivity index (χ4n) is 3.31. The highest BCUT2D eigenvalue weighted by Gasteiger charge is 2.24. The van der Waals surface area contributed by atoms with E-state index in [1.54, 1.807) is 17.5 Å². The van der Waals surface area contributed by atoms with Crippen molar-refractivity contribution >= 4 is 28.5 Å². The third kappa shape index (κ3) is 2.08. The van der Waals surface area contributed by atoms with E-state index in [4.69, 9.17) is 11.6 Å². The standard InChI is InChI=1S/C17H17ClN6O2/c1-4-9-23-12-14(21(2)17(26)22(3)15(12)25)24-13(19-20-16(23)24)10-7-5-6-8-11(10)18/h5-8H,4,9H2,1-3H3. The monoisotopic (exact) mass is 372 g/mol. The molecule has 0 aliphatic carbocycles. The van der Waals surface area contributed by atoms with Crippen LogP contribution in [-0.2, 0) is 20.6 Å².